The molecule has 2 N–H and O–H groups in total. The first kappa shape index (κ1) is 10.2. The van der Waals surface area contributed by atoms with E-state index in [1.54, 1.807) is 6.07 Å². The van der Waals surface area contributed by atoms with Gasteiger partial charge in [0.2, 0.25) is 0 Å². The third-order valence-electron chi connectivity index (χ3n) is 2.62. The average molecular weight is 265 g/mol. The first-order valence-electron chi connectivity index (χ1n) is 4.65. The summed E-state index contributed by atoms with van der Waals surface area (Å²) in [6, 6.07) is 5.55. The molecule has 1 unspecified atom stereocenters. The molecule has 0 radical (unpaired) electrons. The fourth-order valence-electron chi connectivity index (χ4n) is 1.89. The van der Waals surface area contributed by atoms with Gasteiger partial charge in [-0.1, -0.05) is 0 Å². The summed E-state index contributed by atoms with van der Waals surface area (Å²) < 4.78 is 0.697. The number of rotatable bonds is 0. The standard InChI is InChI=1S/C11H9BrN2O/c12-9-4-8(14)3-6-1-2-7(5-13)11(15)10(6)9/h3-4,7H,1-2,14H2. The average Bonchev–Trinajstić information content (AvgIpc) is 2.17. The predicted molar refractivity (Wildman–Crippen MR) is 60.3 cm³/mol. The normalized spacial score (nSPS) is 19.5. The van der Waals surface area contributed by atoms with Gasteiger partial charge in [-0.2, -0.15) is 5.26 Å². The fraction of sp³-hybridized carbons (Fsp3) is 0.273. The lowest BCUT2D eigenvalue weighted by Gasteiger charge is -2.20. The van der Waals surface area contributed by atoms with Crippen LogP contribution in [0.25, 0.3) is 0 Å². The van der Waals surface area contributed by atoms with Crippen LogP contribution in [0.1, 0.15) is 22.3 Å². The number of nitriles is 1. The zero-order valence-electron chi connectivity index (χ0n) is 7.96. The van der Waals surface area contributed by atoms with Crippen molar-refractivity contribution in [2.24, 2.45) is 5.92 Å². The topological polar surface area (TPSA) is 66.9 Å². The van der Waals surface area contributed by atoms with Crippen molar-refractivity contribution >= 4 is 27.4 Å². The predicted octanol–water partition coefficient (Wildman–Crippen LogP) is 2.30. The highest BCUT2D eigenvalue weighted by Crippen LogP contribution is 2.32. The number of nitrogens with zero attached hydrogens (tertiary/aromatic N) is 1. The van der Waals surface area contributed by atoms with Crippen LogP contribution in [-0.4, -0.2) is 5.78 Å². The zero-order valence-corrected chi connectivity index (χ0v) is 9.54. The number of ketones is 1. The highest BCUT2D eigenvalue weighted by molar-refractivity contribution is 9.10. The maximum atomic E-state index is 11.9. The van der Waals surface area contributed by atoms with Gasteiger partial charge < -0.3 is 5.73 Å². The van der Waals surface area contributed by atoms with Crippen LogP contribution < -0.4 is 5.73 Å². The molecule has 0 amide bonds. The van der Waals surface area contributed by atoms with Gasteiger partial charge in [0, 0.05) is 15.7 Å². The largest absolute Gasteiger partial charge is 0.399 e. The summed E-state index contributed by atoms with van der Waals surface area (Å²) in [6.07, 6.45) is 1.33. The maximum Gasteiger partial charge on any atom is 0.181 e. The van der Waals surface area contributed by atoms with Gasteiger partial charge in [0.05, 0.1) is 6.07 Å². The molecule has 4 heteroatoms. The van der Waals surface area contributed by atoms with Gasteiger partial charge in [-0.05, 0) is 46.5 Å². The van der Waals surface area contributed by atoms with Crippen LogP contribution in [0.3, 0.4) is 0 Å². The van der Waals surface area contributed by atoms with Gasteiger partial charge in [-0.25, -0.2) is 0 Å². The third-order valence-corrected chi connectivity index (χ3v) is 3.24. The van der Waals surface area contributed by atoms with Crippen LogP contribution in [0.2, 0.25) is 0 Å². The van der Waals surface area contributed by atoms with E-state index in [0.717, 1.165) is 12.0 Å². The van der Waals surface area contributed by atoms with Gasteiger partial charge in [-0.15, -0.1) is 0 Å². The van der Waals surface area contributed by atoms with E-state index in [0.29, 0.717) is 22.1 Å². The molecule has 1 aliphatic carbocycles. The zero-order chi connectivity index (χ0) is 11.0. The number of fused-ring (bicyclic) bond motifs is 1. The molecule has 0 heterocycles. The number of nitrogens with two attached hydrogens (primary N) is 1. The molecule has 0 bridgehead atoms. The Morgan fingerprint density at radius 1 is 1.53 bits per heavy atom. The van der Waals surface area contributed by atoms with E-state index >= 15 is 0 Å². The van der Waals surface area contributed by atoms with Gasteiger partial charge >= 0.3 is 0 Å². The number of hydrogen-bond acceptors (Lipinski definition) is 3. The van der Waals surface area contributed by atoms with E-state index in [1.807, 2.05) is 12.1 Å². The third kappa shape index (κ3) is 1.64. The molecular formula is C11H9BrN2O. The number of nitrogen functional groups attached to an aromatic ring is 1. The second-order valence-electron chi connectivity index (χ2n) is 3.62. The fourth-order valence-corrected chi connectivity index (χ4v) is 2.60. The minimum atomic E-state index is -0.502. The van der Waals surface area contributed by atoms with Crippen molar-refractivity contribution < 1.29 is 4.79 Å². The van der Waals surface area contributed by atoms with Crippen molar-refractivity contribution in [1.29, 1.82) is 5.26 Å². The maximum absolute atomic E-state index is 11.9. The van der Waals surface area contributed by atoms with Crippen molar-refractivity contribution in [1.82, 2.24) is 0 Å². The minimum Gasteiger partial charge on any atom is -0.399 e. The van der Waals surface area contributed by atoms with Crippen molar-refractivity contribution in [3.63, 3.8) is 0 Å². The lowest BCUT2D eigenvalue weighted by atomic mass is 9.83. The summed E-state index contributed by atoms with van der Waals surface area (Å²) in [6.45, 7) is 0. The molecule has 0 saturated carbocycles. The first-order chi connectivity index (χ1) is 7.13. The van der Waals surface area contributed by atoms with Gasteiger partial charge in [0.1, 0.15) is 5.92 Å². The Hall–Kier alpha value is -1.34. The van der Waals surface area contributed by atoms with E-state index in [1.165, 1.54) is 0 Å². The lowest BCUT2D eigenvalue weighted by Crippen LogP contribution is -2.22. The van der Waals surface area contributed by atoms with E-state index in [9.17, 15) is 4.79 Å². The summed E-state index contributed by atoms with van der Waals surface area (Å²) >= 11 is 3.32. The Bertz CT molecular complexity index is 476. The van der Waals surface area contributed by atoms with E-state index in [-0.39, 0.29) is 5.78 Å². The number of Topliss-reactive ketones (excluding diaryl/α,β-unsaturated/α-hetero) is 1. The van der Waals surface area contributed by atoms with Crippen molar-refractivity contribution in [3.05, 3.63) is 27.7 Å². The molecule has 1 aromatic rings. The summed E-state index contributed by atoms with van der Waals surface area (Å²) in [5.41, 5.74) is 7.90. The van der Waals surface area contributed by atoms with Gasteiger partial charge in [-0.3, -0.25) is 4.79 Å². The highest BCUT2D eigenvalue weighted by atomic mass is 79.9. The Labute approximate surface area is 96.0 Å². The van der Waals surface area contributed by atoms with Crippen LogP contribution in [0.5, 0.6) is 0 Å². The second-order valence-corrected chi connectivity index (χ2v) is 4.48. The molecule has 0 aliphatic heterocycles. The molecule has 1 atom stereocenters. The second kappa shape index (κ2) is 3.67. The smallest absolute Gasteiger partial charge is 0.181 e. The summed E-state index contributed by atoms with van der Waals surface area (Å²) in [5, 5.41) is 8.82. The molecule has 2 rings (SSSR count). The summed E-state index contributed by atoms with van der Waals surface area (Å²) in [7, 11) is 0. The number of hydrogen-bond donors (Lipinski definition) is 1. The molecule has 1 aliphatic rings. The molecule has 76 valence electrons. The SMILES string of the molecule is N#CC1CCc2cc(N)cc(Br)c2C1=O. The Kier molecular flexibility index (Phi) is 2.49. The minimum absolute atomic E-state index is 0.0920. The number of benzene rings is 1. The number of anilines is 1. The molecule has 0 fully saturated rings. The number of aryl methyl sites for hydroxylation is 1. The van der Waals surface area contributed by atoms with Crippen LogP contribution in [0.4, 0.5) is 5.69 Å². The van der Waals surface area contributed by atoms with Gasteiger partial charge in [0.15, 0.2) is 5.78 Å². The summed E-state index contributed by atoms with van der Waals surface area (Å²) in [5.74, 6) is -0.594. The highest BCUT2D eigenvalue weighted by Gasteiger charge is 2.29. The quantitative estimate of drug-likeness (QED) is 0.732. The van der Waals surface area contributed by atoms with Crippen LogP contribution in [0, 0.1) is 17.2 Å². The lowest BCUT2D eigenvalue weighted by molar-refractivity contribution is 0.0934. The molecule has 15 heavy (non-hydrogen) atoms. The summed E-state index contributed by atoms with van der Waals surface area (Å²) in [4.78, 5) is 11.9. The molecular weight excluding hydrogens is 256 g/mol. The van der Waals surface area contributed by atoms with Crippen molar-refractivity contribution in [2.75, 3.05) is 5.73 Å². The first-order valence-corrected chi connectivity index (χ1v) is 5.44. The number of halogens is 1. The number of carbonyl (C=O) groups excluding carboxylic acids is 1. The molecule has 1 aromatic carbocycles. The van der Waals surface area contributed by atoms with Crippen LogP contribution >= 0.6 is 15.9 Å². The van der Waals surface area contributed by atoms with Crippen LogP contribution in [0.15, 0.2) is 16.6 Å². The molecule has 0 aromatic heterocycles. The Morgan fingerprint density at radius 3 is 2.93 bits per heavy atom. The molecule has 3 nitrogen and oxygen atoms in total. The Morgan fingerprint density at radius 2 is 2.27 bits per heavy atom. The van der Waals surface area contributed by atoms with Crippen molar-refractivity contribution in [2.45, 2.75) is 12.8 Å². The number of carbonyl (C=O) groups is 1. The molecule has 0 saturated heterocycles. The van der Waals surface area contributed by atoms with E-state index in [2.05, 4.69) is 15.9 Å². The van der Waals surface area contributed by atoms with Gasteiger partial charge in [0.25, 0.3) is 0 Å². The Balaban J connectivity index is 2.58. The molecule has 0 spiro atoms. The monoisotopic (exact) mass is 264 g/mol. The van der Waals surface area contributed by atoms with Crippen molar-refractivity contribution in [3.8, 4) is 6.07 Å². The van der Waals surface area contributed by atoms with E-state index < -0.39 is 5.92 Å². The van der Waals surface area contributed by atoms with Crippen LogP contribution in [-0.2, 0) is 6.42 Å². The van der Waals surface area contributed by atoms with E-state index in [4.69, 9.17) is 11.0 Å².